The van der Waals surface area contributed by atoms with Crippen molar-refractivity contribution in [3.63, 3.8) is 0 Å². The summed E-state index contributed by atoms with van der Waals surface area (Å²) in [7, 11) is 0. The van der Waals surface area contributed by atoms with E-state index in [-0.39, 0.29) is 11.9 Å². The summed E-state index contributed by atoms with van der Waals surface area (Å²) in [6.45, 7) is 4.84. The molecule has 0 aliphatic heterocycles. The molecule has 1 fully saturated rings. The normalized spacial score (nSPS) is 17.7. The number of benzene rings is 1. The Morgan fingerprint density at radius 3 is 2.33 bits per heavy atom. The van der Waals surface area contributed by atoms with Gasteiger partial charge in [0.05, 0.1) is 0 Å². The molecule has 3 N–H and O–H groups in total. The van der Waals surface area contributed by atoms with Gasteiger partial charge < -0.3 is 11.1 Å². The van der Waals surface area contributed by atoms with E-state index in [4.69, 9.17) is 5.73 Å². The van der Waals surface area contributed by atoms with Crippen molar-refractivity contribution in [2.75, 3.05) is 6.54 Å². The first-order chi connectivity index (χ1) is 10.1. The number of nitrogens with one attached hydrogen (secondary N) is 1. The minimum atomic E-state index is 0.00586. The Balaban J connectivity index is 1.98. The second-order valence-electron chi connectivity index (χ2n) is 6.49. The maximum Gasteiger partial charge on any atom is 0.251 e. The van der Waals surface area contributed by atoms with Crippen LogP contribution in [0.1, 0.15) is 67.8 Å². The fourth-order valence-corrected chi connectivity index (χ4v) is 3.18. The summed E-state index contributed by atoms with van der Waals surface area (Å²) in [5, 5.41) is 3.14. The van der Waals surface area contributed by atoms with E-state index in [1.807, 2.05) is 24.3 Å². The van der Waals surface area contributed by atoms with Crippen molar-refractivity contribution in [1.82, 2.24) is 5.32 Å². The minimum absolute atomic E-state index is 0.00586. The number of carbonyl (C=O) groups is 1. The van der Waals surface area contributed by atoms with Crippen LogP contribution in [0.15, 0.2) is 24.3 Å². The maximum atomic E-state index is 12.4. The zero-order valence-corrected chi connectivity index (χ0v) is 13.3. The SMILES string of the molecule is CC(C)c1ccc(C(=O)NC(CN)C2CCCCC2)cc1. The lowest BCUT2D eigenvalue weighted by Gasteiger charge is -2.30. The Morgan fingerprint density at radius 1 is 1.19 bits per heavy atom. The molecule has 21 heavy (non-hydrogen) atoms. The zero-order chi connectivity index (χ0) is 15.2. The number of nitrogens with two attached hydrogens (primary N) is 1. The first kappa shape index (κ1) is 16.0. The van der Waals surface area contributed by atoms with Crippen molar-refractivity contribution < 1.29 is 4.79 Å². The van der Waals surface area contributed by atoms with E-state index in [2.05, 4.69) is 19.2 Å². The Morgan fingerprint density at radius 2 is 1.81 bits per heavy atom. The van der Waals surface area contributed by atoms with Crippen LogP contribution in [0.25, 0.3) is 0 Å². The van der Waals surface area contributed by atoms with Crippen molar-refractivity contribution in [1.29, 1.82) is 0 Å². The summed E-state index contributed by atoms with van der Waals surface area (Å²) in [4.78, 5) is 12.4. The van der Waals surface area contributed by atoms with Crippen LogP contribution < -0.4 is 11.1 Å². The highest BCUT2D eigenvalue weighted by Crippen LogP contribution is 2.26. The van der Waals surface area contributed by atoms with Crippen molar-refractivity contribution in [2.24, 2.45) is 11.7 Å². The van der Waals surface area contributed by atoms with E-state index in [1.165, 1.54) is 37.7 Å². The minimum Gasteiger partial charge on any atom is -0.348 e. The predicted octanol–water partition coefficient (Wildman–Crippen LogP) is 3.45. The third kappa shape index (κ3) is 4.31. The first-order valence-corrected chi connectivity index (χ1v) is 8.22. The molecule has 1 atom stereocenters. The van der Waals surface area contributed by atoms with Crippen LogP contribution in [-0.2, 0) is 0 Å². The predicted molar refractivity (Wildman–Crippen MR) is 87.4 cm³/mol. The third-order valence-electron chi connectivity index (χ3n) is 4.63. The van der Waals surface area contributed by atoms with Gasteiger partial charge in [-0.05, 0) is 42.4 Å². The monoisotopic (exact) mass is 288 g/mol. The molecule has 0 bridgehead atoms. The fraction of sp³-hybridized carbons (Fsp3) is 0.611. The molecule has 1 aromatic carbocycles. The molecule has 1 saturated carbocycles. The molecule has 1 unspecified atom stereocenters. The average molecular weight is 288 g/mol. The molecule has 0 radical (unpaired) electrons. The van der Waals surface area contributed by atoms with Gasteiger partial charge in [0.2, 0.25) is 0 Å². The smallest absolute Gasteiger partial charge is 0.251 e. The number of amides is 1. The molecule has 1 aliphatic rings. The first-order valence-electron chi connectivity index (χ1n) is 8.22. The van der Waals surface area contributed by atoms with Gasteiger partial charge in [-0.2, -0.15) is 0 Å². The maximum absolute atomic E-state index is 12.4. The van der Waals surface area contributed by atoms with Crippen LogP contribution in [0.5, 0.6) is 0 Å². The van der Waals surface area contributed by atoms with Gasteiger partial charge in [-0.25, -0.2) is 0 Å². The molecule has 0 saturated heterocycles. The second-order valence-corrected chi connectivity index (χ2v) is 6.49. The van der Waals surface area contributed by atoms with Gasteiger partial charge in [0, 0.05) is 18.2 Å². The summed E-state index contributed by atoms with van der Waals surface area (Å²) in [6, 6.07) is 8.02. The highest BCUT2D eigenvalue weighted by atomic mass is 16.1. The van der Waals surface area contributed by atoms with E-state index in [1.54, 1.807) is 0 Å². The van der Waals surface area contributed by atoms with Crippen molar-refractivity contribution in [3.05, 3.63) is 35.4 Å². The molecule has 1 aliphatic carbocycles. The molecule has 3 heteroatoms. The summed E-state index contributed by atoms with van der Waals surface area (Å²) in [5.41, 5.74) is 7.87. The molecule has 0 spiro atoms. The lowest BCUT2D eigenvalue weighted by Crippen LogP contribution is -2.45. The number of hydrogen-bond donors (Lipinski definition) is 2. The Hall–Kier alpha value is -1.35. The van der Waals surface area contributed by atoms with Crippen molar-refractivity contribution in [2.45, 2.75) is 57.9 Å². The molecule has 0 heterocycles. The summed E-state index contributed by atoms with van der Waals surface area (Å²) < 4.78 is 0. The van der Waals surface area contributed by atoms with Gasteiger partial charge in [-0.15, -0.1) is 0 Å². The molecule has 1 aromatic rings. The van der Waals surface area contributed by atoms with E-state index in [0.29, 0.717) is 18.4 Å². The Labute approximate surface area is 128 Å². The van der Waals surface area contributed by atoms with Crippen LogP contribution >= 0.6 is 0 Å². The lowest BCUT2D eigenvalue weighted by atomic mass is 9.84. The Bertz CT molecular complexity index is 447. The highest BCUT2D eigenvalue weighted by molar-refractivity contribution is 5.94. The van der Waals surface area contributed by atoms with E-state index in [0.717, 1.165) is 5.56 Å². The third-order valence-corrected chi connectivity index (χ3v) is 4.63. The molecule has 3 nitrogen and oxygen atoms in total. The summed E-state index contributed by atoms with van der Waals surface area (Å²) in [5.74, 6) is 1.04. The molecular formula is C18H28N2O. The van der Waals surface area contributed by atoms with Gasteiger partial charge in [0.1, 0.15) is 0 Å². The number of carbonyl (C=O) groups excluding carboxylic acids is 1. The van der Waals surface area contributed by atoms with Crippen LogP contribution in [-0.4, -0.2) is 18.5 Å². The zero-order valence-electron chi connectivity index (χ0n) is 13.3. The van der Waals surface area contributed by atoms with Crippen LogP contribution in [0.4, 0.5) is 0 Å². The molecule has 116 valence electrons. The van der Waals surface area contributed by atoms with E-state index < -0.39 is 0 Å². The largest absolute Gasteiger partial charge is 0.348 e. The standard InChI is InChI=1S/C18H28N2O/c1-13(2)14-8-10-16(11-9-14)18(21)20-17(12-19)15-6-4-3-5-7-15/h8-11,13,15,17H,3-7,12,19H2,1-2H3,(H,20,21). The van der Waals surface area contributed by atoms with Gasteiger partial charge in [0.25, 0.3) is 5.91 Å². The van der Waals surface area contributed by atoms with E-state index in [9.17, 15) is 4.79 Å². The van der Waals surface area contributed by atoms with Crippen molar-refractivity contribution in [3.8, 4) is 0 Å². The molecule has 1 amide bonds. The van der Waals surface area contributed by atoms with Gasteiger partial charge in [-0.3, -0.25) is 4.79 Å². The quantitative estimate of drug-likeness (QED) is 0.872. The molecule has 0 aromatic heterocycles. The second kappa shape index (κ2) is 7.60. The van der Waals surface area contributed by atoms with Gasteiger partial charge >= 0.3 is 0 Å². The van der Waals surface area contributed by atoms with Crippen LogP contribution in [0.2, 0.25) is 0 Å². The van der Waals surface area contributed by atoms with Crippen LogP contribution in [0.3, 0.4) is 0 Å². The number of rotatable bonds is 5. The molecule has 2 rings (SSSR count). The number of hydrogen-bond acceptors (Lipinski definition) is 2. The fourth-order valence-electron chi connectivity index (χ4n) is 3.18. The molecular weight excluding hydrogens is 260 g/mol. The van der Waals surface area contributed by atoms with Crippen molar-refractivity contribution >= 4 is 5.91 Å². The van der Waals surface area contributed by atoms with Gasteiger partial charge in [-0.1, -0.05) is 45.2 Å². The average Bonchev–Trinajstić information content (AvgIpc) is 2.53. The highest BCUT2D eigenvalue weighted by Gasteiger charge is 2.24. The summed E-state index contributed by atoms with van der Waals surface area (Å²) in [6.07, 6.45) is 6.22. The lowest BCUT2D eigenvalue weighted by molar-refractivity contribution is 0.0915. The van der Waals surface area contributed by atoms with Crippen LogP contribution in [0, 0.1) is 5.92 Å². The van der Waals surface area contributed by atoms with E-state index >= 15 is 0 Å². The Kier molecular flexibility index (Phi) is 5.80. The topological polar surface area (TPSA) is 55.1 Å². The summed E-state index contributed by atoms with van der Waals surface area (Å²) >= 11 is 0. The van der Waals surface area contributed by atoms with Gasteiger partial charge in [0.15, 0.2) is 0 Å².